The lowest BCUT2D eigenvalue weighted by Gasteiger charge is -1.98. The van der Waals surface area contributed by atoms with Crippen LogP contribution in [0.4, 0.5) is 0 Å². The molecule has 1 aliphatic carbocycles. The van der Waals surface area contributed by atoms with E-state index in [9.17, 15) is 8.42 Å². The van der Waals surface area contributed by atoms with Crippen LogP contribution in [0.2, 0.25) is 0 Å². The Hall–Kier alpha value is 0.240. The van der Waals surface area contributed by atoms with Crippen LogP contribution < -0.4 is 0 Å². The molecule has 1 aliphatic rings. The SMILES string of the molecule is CC(C)[C@H]1C[C@H]1S(=O)(=O)Cl. The Kier molecular flexibility index (Phi) is 1.98. The molecule has 10 heavy (non-hydrogen) atoms. The molecule has 60 valence electrons. The van der Waals surface area contributed by atoms with Crippen LogP contribution in [0.1, 0.15) is 20.3 Å². The van der Waals surface area contributed by atoms with Crippen LogP contribution in [0, 0.1) is 11.8 Å². The van der Waals surface area contributed by atoms with E-state index >= 15 is 0 Å². The average Bonchev–Trinajstić information content (AvgIpc) is 2.35. The Balaban J connectivity index is 2.55. The molecule has 0 aromatic rings. The van der Waals surface area contributed by atoms with Gasteiger partial charge >= 0.3 is 0 Å². The first-order chi connectivity index (χ1) is 4.43. The summed E-state index contributed by atoms with van der Waals surface area (Å²) in [6.45, 7) is 4.04. The molecule has 0 aliphatic heterocycles. The monoisotopic (exact) mass is 182 g/mol. The van der Waals surface area contributed by atoms with Gasteiger partial charge in [-0.3, -0.25) is 0 Å². The standard InChI is InChI=1S/C6H11ClO2S/c1-4(2)5-3-6(5)10(7,8)9/h4-6H,3H2,1-2H3/t5-,6-/m1/s1. The molecule has 4 heteroatoms. The molecule has 0 bridgehead atoms. The predicted molar refractivity (Wildman–Crippen MR) is 41.5 cm³/mol. The largest absolute Gasteiger partial charge is 0.235 e. The molecule has 1 rings (SSSR count). The van der Waals surface area contributed by atoms with Gasteiger partial charge in [-0.1, -0.05) is 13.8 Å². The Labute approximate surface area is 66.0 Å². The molecule has 1 fully saturated rings. The molecule has 0 heterocycles. The van der Waals surface area contributed by atoms with Gasteiger partial charge in [0.05, 0.1) is 5.25 Å². The zero-order valence-electron chi connectivity index (χ0n) is 6.04. The summed E-state index contributed by atoms with van der Waals surface area (Å²) in [5, 5.41) is -0.255. The minimum atomic E-state index is -3.25. The summed E-state index contributed by atoms with van der Waals surface area (Å²) in [4.78, 5) is 0. The molecule has 2 atom stereocenters. The lowest BCUT2D eigenvalue weighted by Crippen LogP contribution is -2.03. The van der Waals surface area contributed by atoms with Crippen molar-refractivity contribution in [2.45, 2.75) is 25.5 Å². The molecule has 0 radical (unpaired) electrons. The molecular formula is C6H11ClO2S. The van der Waals surface area contributed by atoms with Crippen molar-refractivity contribution in [3.8, 4) is 0 Å². The Morgan fingerprint density at radius 3 is 2.10 bits per heavy atom. The zero-order chi connectivity index (χ0) is 7.94. The third-order valence-electron chi connectivity index (χ3n) is 2.00. The van der Waals surface area contributed by atoms with E-state index in [2.05, 4.69) is 0 Å². The first-order valence-corrected chi connectivity index (χ1v) is 5.73. The van der Waals surface area contributed by atoms with E-state index < -0.39 is 9.05 Å². The van der Waals surface area contributed by atoms with Crippen molar-refractivity contribution in [3.05, 3.63) is 0 Å². The number of rotatable bonds is 2. The quantitative estimate of drug-likeness (QED) is 0.608. The van der Waals surface area contributed by atoms with E-state index in [0.717, 1.165) is 6.42 Å². The summed E-state index contributed by atoms with van der Waals surface area (Å²) in [7, 11) is 1.89. The van der Waals surface area contributed by atoms with Crippen LogP contribution in [0.15, 0.2) is 0 Å². The molecule has 0 saturated heterocycles. The maximum Gasteiger partial charge on any atom is 0.235 e. The minimum Gasteiger partial charge on any atom is -0.212 e. The van der Waals surface area contributed by atoms with E-state index in [1.54, 1.807) is 0 Å². The summed E-state index contributed by atoms with van der Waals surface area (Å²) in [5.74, 6) is 0.751. The Morgan fingerprint density at radius 1 is 1.50 bits per heavy atom. The van der Waals surface area contributed by atoms with Crippen LogP contribution in [-0.2, 0) is 9.05 Å². The van der Waals surface area contributed by atoms with Crippen LogP contribution in [-0.4, -0.2) is 13.7 Å². The first kappa shape index (κ1) is 8.34. The molecule has 2 nitrogen and oxygen atoms in total. The minimum absolute atomic E-state index is 0.255. The van der Waals surface area contributed by atoms with Gasteiger partial charge in [0.15, 0.2) is 0 Å². The summed E-state index contributed by atoms with van der Waals surface area (Å²) in [6, 6.07) is 0. The van der Waals surface area contributed by atoms with E-state index in [4.69, 9.17) is 10.7 Å². The topological polar surface area (TPSA) is 34.1 Å². The molecule has 0 spiro atoms. The second-order valence-corrected chi connectivity index (χ2v) is 6.00. The number of hydrogen-bond donors (Lipinski definition) is 0. The van der Waals surface area contributed by atoms with Crippen molar-refractivity contribution in [1.82, 2.24) is 0 Å². The van der Waals surface area contributed by atoms with Gasteiger partial charge in [0.25, 0.3) is 0 Å². The second kappa shape index (κ2) is 2.38. The Bertz CT molecular complexity index is 220. The van der Waals surface area contributed by atoms with Crippen molar-refractivity contribution in [1.29, 1.82) is 0 Å². The lowest BCUT2D eigenvalue weighted by molar-refractivity contribution is 0.554. The van der Waals surface area contributed by atoms with Gasteiger partial charge in [0.1, 0.15) is 0 Å². The molecule has 0 amide bonds. The van der Waals surface area contributed by atoms with Crippen LogP contribution >= 0.6 is 10.7 Å². The van der Waals surface area contributed by atoms with Gasteiger partial charge in [-0.2, -0.15) is 0 Å². The third-order valence-corrected chi connectivity index (χ3v) is 3.95. The van der Waals surface area contributed by atoms with E-state index in [1.165, 1.54) is 0 Å². The van der Waals surface area contributed by atoms with Gasteiger partial charge in [0, 0.05) is 10.7 Å². The molecule has 0 unspecified atom stereocenters. The van der Waals surface area contributed by atoms with E-state index in [-0.39, 0.29) is 5.25 Å². The second-order valence-electron chi connectivity index (χ2n) is 3.16. The van der Waals surface area contributed by atoms with Crippen LogP contribution in [0.25, 0.3) is 0 Å². The summed E-state index contributed by atoms with van der Waals surface area (Å²) in [6.07, 6.45) is 0.753. The fourth-order valence-electron chi connectivity index (χ4n) is 1.21. The van der Waals surface area contributed by atoms with Crippen molar-refractivity contribution < 1.29 is 8.42 Å². The van der Waals surface area contributed by atoms with Gasteiger partial charge in [-0.15, -0.1) is 0 Å². The van der Waals surface area contributed by atoms with Crippen molar-refractivity contribution in [2.75, 3.05) is 0 Å². The van der Waals surface area contributed by atoms with Crippen molar-refractivity contribution >= 4 is 19.7 Å². The first-order valence-electron chi connectivity index (χ1n) is 3.36. The van der Waals surface area contributed by atoms with Gasteiger partial charge in [-0.25, -0.2) is 8.42 Å². The van der Waals surface area contributed by atoms with Crippen molar-refractivity contribution in [3.63, 3.8) is 0 Å². The van der Waals surface area contributed by atoms with Gasteiger partial charge in [-0.05, 0) is 18.3 Å². The highest BCUT2D eigenvalue weighted by atomic mass is 35.7. The predicted octanol–water partition coefficient (Wildman–Crippen LogP) is 1.60. The normalized spacial score (nSPS) is 32.8. The highest BCUT2D eigenvalue weighted by Gasteiger charge is 2.47. The fraction of sp³-hybridized carbons (Fsp3) is 1.00. The van der Waals surface area contributed by atoms with Crippen molar-refractivity contribution in [2.24, 2.45) is 11.8 Å². The summed E-state index contributed by atoms with van der Waals surface area (Å²) < 4.78 is 21.3. The van der Waals surface area contributed by atoms with Crippen LogP contribution in [0.5, 0.6) is 0 Å². The zero-order valence-corrected chi connectivity index (χ0v) is 7.61. The maximum absolute atomic E-state index is 10.7. The highest BCUT2D eigenvalue weighted by molar-refractivity contribution is 8.14. The smallest absolute Gasteiger partial charge is 0.212 e. The third kappa shape index (κ3) is 1.64. The molecule has 1 saturated carbocycles. The number of halogens is 1. The highest BCUT2D eigenvalue weighted by Crippen LogP contribution is 2.43. The van der Waals surface area contributed by atoms with Gasteiger partial charge in [0.2, 0.25) is 9.05 Å². The van der Waals surface area contributed by atoms with Crippen LogP contribution in [0.3, 0.4) is 0 Å². The van der Waals surface area contributed by atoms with Gasteiger partial charge < -0.3 is 0 Å². The molecule has 0 N–H and O–H groups in total. The fourth-order valence-corrected chi connectivity index (χ4v) is 3.01. The average molecular weight is 183 g/mol. The summed E-state index contributed by atoms with van der Waals surface area (Å²) in [5.41, 5.74) is 0. The van der Waals surface area contributed by atoms with E-state index in [0.29, 0.717) is 11.8 Å². The molecule has 0 aromatic carbocycles. The molecule has 0 aromatic heterocycles. The summed E-state index contributed by atoms with van der Waals surface area (Å²) >= 11 is 0. The molecular weight excluding hydrogens is 172 g/mol. The van der Waals surface area contributed by atoms with E-state index in [1.807, 2.05) is 13.8 Å². The lowest BCUT2D eigenvalue weighted by atomic mass is 10.1. The number of hydrogen-bond acceptors (Lipinski definition) is 2. The Morgan fingerprint density at radius 2 is 2.00 bits per heavy atom. The maximum atomic E-state index is 10.7.